The summed E-state index contributed by atoms with van der Waals surface area (Å²) in [5, 5.41) is 9.76. The van der Waals surface area contributed by atoms with E-state index < -0.39 is 5.97 Å². The van der Waals surface area contributed by atoms with Gasteiger partial charge in [-0.05, 0) is 74.3 Å². The normalized spacial score (nSPS) is 15.9. The number of benzene rings is 2. The van der Waals surface area contributed by atoms with E-state index in [0.717, 1.165) is 49.5 Å². The second kappa shape index (κ2) is 7.89. The van der Waals surface area contributed by atoms with Gasteiger partial charge in [0.2, 0.25) is 0 Å². The fourth-order valence-corrected chi connectivity index (χ4v) is 3.34. The molecule has 1 aliphatic rings. The first kappa shape index (κ1) is 17.8. The van der Waals surface area contributed by atoms with E-state index in [2.05, 4.69) is 17.0 Å². The lowest BCUT2D eigenvalue weighted by atomic mass is 9.97. The van der Waals surface area contributed by atoms with Crippen molar-refractivity contribution in [1.29, 1.82) is 0 Å². The lowest BCUT2D eigenvalue weighted by molar-refractivity contribution is -0.143. The molecular formula is C20H22ClNO3. The van der Waals surface area contributed by atoms with Crippen LogP contribution in [0, 0.1) is 12.8 Å². The van der Waals surface area contributed by atoms with Gasteiger partial charge in [0.25, 0.3) is 0 Å². The van der Waals surface area contributed by atoms with Crippen molar-refractivity contribution >= 4 is 17.6 Å². The SMILES string of the molecule is Cc1cc(Cl)ccc1Oc1ccc(CN2CCC(C(=O)O)CC2)cc1. The first-order valence-electron chi connectivity index (χ1n) is 8.49. The number of rotatable bonds is 5. The number of carbonyl (C=O) groups is 1. The average molecular weight is 360 g/mol. The zero-order chi connectivity index (χ0) is 17.8. The van der Waals surface area contributed by atoms with Crippen LogP contribution in [0.4, 0.5) is 0 Å². The summed E-state index contributed by atoms with van der Waals surface area (Å²) in [6.07, 6.45) is 1.46. The van der Waals surface area contributed by atoms with Gasteiger partial charge in [0, 0.05) is 11.6 Å². The van der Waals surface area contributed by atoms with Crippen molar-refractivity contribution in [1.82, 2.24) is 4.90 Å². The number of halogens is 1. The highest BCUT2D eigenvalue weighted by molar-refractivity contribution is 6.30. The van der Waals surface area contributed by atoms with Crippen LogP contribution in [0.15, 0.2) is 42.5 Å². The molecule has 2 aromatic carbocycles. The highest BCUT2D eigenvalue weighted by Crippen LogP contribution is 2.28. The summed E-state index contributed by atoms with van der Waals surface area (Å²) in [7, 11) is 0. The van der Waals surface area contributed by atoms with Crippen LogP contribution in [0.2, 0.25) is 5.02 Å². The lowest BCUT2D eigenvalue weighted by Crippen LogP contribution is -2.35. The second-order valence-electron chi connectivity index (χ2n) is 6.54. The Morgan fingerprint density at radius 3 is 2.48 bits per heavy atom. The van der Waals surface area contributed by atoms with Crippen LogP contribution in [0.3, 0.4) is 0 Å². The molecule has 1 aliphatic heterocycles. The fraction of sp³-hybridized carbons (Fsp3) is 0.350. The summed E-state index contributed by atoms with van der Waals surface area (Å²) in [4.78, 5) is 13.3. The third-order valence-electron chi connectivity index (χ3n) is 4.63. The van der Waals surface area contributed by atoms with E-state index in [-0.39, 0.29) is 5.92 Å². The molecule has 1 fully saturated rings. The molecule has 1 saturated heterocycles. The van der Waals surface area contributed by atoms with Gasteiger partial charge in [-0.2, -0.15) is 0 Å². The maximum atomic E-state index is 11.0. The minimum absolute atomic E-state index is 0.186. The Balaban J connectivity index is 1.56. The Kier molecular flexibility index (Phi) is 5.61. The molecule has 4 nitrogen and oxygen atoms in total. The van der Waals surface area contributed by atoms with E-state index in [1.54, 1.807) is 0 Å². The van der Waals surface area contributed by atoms with Crippen molar-refractivity contribution in [2.45, 2.75) is 26.3 Å². The largest absolute Gasteiger partial charge is 0.481 e. The molecule has 0 aromatic heterocycles. The van der Waals surface area contributed by atoms with Gasteiger partial charge in [-0.3, -0.25) is 9.69 Å². The number of carboxylic acid groups (broad SMARTS) is 1. The van der Waals surface area contributed by atoms with Gasteiger partial charge in [-0.1, -0.05) is 23.7 Å². The Hall–Kier alpha value is -2.04. The lowest BCUT2D eigenvalue weighted by Gasteiger charge is -2.30. The quantitative estimate of drug-likeness (QED) is 0.837. The topological polar surface area (TPSA) is 49.8 Å². The summed E-state index contributed by atoms with van der Waals surface area (Å²) >= 11 is 5.97. The number of likely N-dealkylation sites (tertiary alicyclic amines) is 1. The first-order valence-corrected chi connectivity index (χ1v) is 8.87. The smallest absolute Gasteiger partial charge is 0.306 e. The van der Waals surface area contributed by atoms with E-state index in [1.165, 1.54) is 5.56 Å². The Bertz CT molecular complexity index is 737. The Labute approximate surface area is 153 Å². The van der Waals surface area contributed by atoms with Crippen LogP contribution in [-0.2, 0) is 11.3 Å². The average Bonchev–Trinajstić information content (AvgIpc) is 2.59. The van der Waals surface area contributed by atoms with Crippen LogP contribution in [0.5, 0.6) is 11.5 Å². The summed E-state index contributed by atoms with van der Waals surface area (Å²) in [6, 6.07) is 13.6. The predicted molar refractivity (Wildman–Crippen MR) is 98.3 cm³/mol. The van der Waals surface area contributed by atoms with Crippen LogP contribution in [0.1, 0.15) is 24.0 Å². The molecule has 0 atom stereocenters. The van der Waals surface area contributed by atoms with Gasteiger partial charge in [0.15, 0.2) is 0 Å². The molecule has 0 radical (unpaired) electrons. The summed E-state index contributed by atoms with van der Waals surface area (Å²) in [5.74, 6) is 0.736. The van der Waals surface area contributed by atoms with E-state index >= 15 is 0 Å². The van der Waals surface area contributed by atoms with Crippen molar-refractivity contribution in [2.75, 3.05) is 13.1 Å². The van der Waals surface area contributed by atoms with Crippen molar-refractivity contribution in [3.63, 3.8) is 0 Å². The van der Waals surface area contributed by atoms with Gasteiger partial charge < -0.3 is 9.84 Å². The van der Waals surface area contributed by atoms with E-state index in [1.807, 2.05) is 37.3 Å². The number of hydrogen-bond acceptors (Lipinski definition) is 3. The monoisotopic (exact) mass is 359 g/mol. The number of nitrogens with zero attached hydrogens (tertiary/aromatic N) is 1. The van der Waals surface area contributed by atoms with Gasteiger partial charge in [-0.15, -0.1) is 0 Å². The zero-order valence-corrected chi connectivity index (χ0v) is 15.0. The summed E-state index contributed by atoms with van der Waals surface area (Å²) in [5.41, 5.74) is 2.20. The van der Waals surface area contributed by atoms with E-state index in [4.69, 9.17) is 21.4 Å². The van der Waals surface area contributed by atoms with Crippen LogP contribution >= 0.6 is 11.6 Å². The van der Waals surface area contributed by atoms with Gasteiger partial charge in [-0.25, -0.2) is 0 Å². The van der Waals surface area contributed by atoms with Gasteiger partial charge >= 0.3 is 5.97 Å². The number of ether oxygens (including phenoxy) is 1. The van der Waals surface area contributed by atoms with Crippen molar-refractivity contribution in [2.24, 2.45) is 5.92 Å². The Morgan fingerprint density at radius 1 is 1.20 bits per heavy atom. The fourth-order valence-electron chi connectivity index (χ4n) is 3.11. The standard InChI is InChI=1S/C20H22ClNO3/c1-14-12-17(21)4-7-19(14)25-18-5-2-15(3-6-18)13-22-10-8-16(9-11-22)20(23)24/h2-7,12,16H,8-11,13H2,1H3,(H,23,24). The molecule has 25 heavy (non-hydrogen) atoms. The van der Waals surface area contributed by atoms with Crippen molar-refractivity contribution < 1.29 is 14.6 Å². The molecule has 1 heterocycles. The molecule has 1 N–H and O–H groups in total. The Morgan fingerprint density at radius 2 is 1.88 bits per heavy atom. The minimum Gasteiger partial charge on any atom is -0.481 e. The third-order valence-corrected chi connectivity index (χ3v) is 4.87. The number of hydrogen-bond donors (Lipinski definition) is 1. The first-order chi connectivity index (χ1) is 12.0. The van der Waals surface area contributed by atoms with Crippen molar-refractivity contribution in [3.05, 3.63) is 58.6 Å². The molecule has 3 rings (SSSR count). The summed E-state index contributed by atoms with van der Waals surface area (Å²) < 4.78 is 5.91. The highest BCUT2D eigenvalue weighted by Gasteiger charge is 2.24. The predicted octanol–water partition coefficient (Wildman–Crippen LogP) is 4.74. The van der Waals surface area contributed by atoms with E-state index in [0.29, 0.717) is 5.02 Å². The molecule has 0 aliphatic carbocycles. The molecule has 0 amide bonds. The van der Waals surface area contributed by atoms with Crippen LogP contribution < -0.4 is 4.74 Å². The number of aliphatic carboxylic acids is 1. The molecule has 0 spiro atoms. The van der Waals surface area contributed by atoms with Crippen LogP contribution in [0.25, 0.3) is 0 Å². The maximum Gasteiger partial charge on any atom is 0.306 e. The van der Waals surface area contributed by atoms with Gasteiger partial charge in [0.1, 0.15) is 11.5 Å². The number of aryl methyl sites for hydroxylation is 1. The third kappa shape index (κ3) is 4.74. The molecule has 0 saturated carbocycles. The van der Waals surface area contributed by atoms with Gasteiger partial charge in [0.05, 0.1) is 5.92 Å². The second-order valence-corrected chi connectivity index (χ2v) is 6.98. The minimum atomic E-state index is -0.668. The van der Waals surface area contributed by atoms with Crippen molar-refractivity contribution in [3.8, 4) is 11.5 Å². The molecular weight excluding hydrogens is 338 g/mol. The molecule has 5 heteroatoms. The molecule has 2 aromatic rings. The molecule has 0 unspecified atom stereocenters. The molecule has 132 valence electrons. The zero-order valence-electron chi connectivity index (χ0n) is 14.2. The van der Waals surface area contributed by atoms with Crippen LogP contribution in [-0.4, -0.2) is 29.1 Å². The molecule has 0 bridgehead atoms. The summed E-state index contributed by atoms with van der Waals surface area (Å²) in [6.45, 7) is 4.47. The number of carboxylic acids is 1. The maximum absolute atomic E-state index is 11.0. The highest BCUT2D eigenvalue weighted by atomic mass is 35.5. The number of piperidine rings is 1. The van der Waals surface area contributed by atoms with E-state index in [9.17, 15) is 4.79 Å².